The largest absolute Gasteiger partial charge is 0.610 e. The number of hydrogen-bond acceptors (Lipinski definition) is 4. The van der Waals surface area contributed by atoms with E-state index in [1.807, 2.05) is 0 Å². The number of hydrogen-bond donors (Lipinski definition) is 2. The van der Waals surface area contributed by atoms with Crippen LogP contribution in [0.25, 0.3) is 0 Å². The third-order valence-corrected chi connectivity index (χ3v) is 3.68. The molecule has 0 amide bonds. The van der Waals surface area contributed by atoms with E-state index in [9.17, 15) is 9.35 Å². The molecule has 1 rings (SSSR count). The molecule has 1 atom stereocenters. The molecule has 0 radical (unpaired) electrons. The van der Waals surface area contributed by atoms with Gasteiger partial charge in [0, 0.05) is 17.4 Å². The van der Waals surface area contributed by atoms with Crippen molar-refractivity contribution in [1.82, 2.24) is 4.98 Å². The molecule has 2 N–H and O–H groups in total. The molecule has 0 spiro atoms. The molecule has 0 aliphatic carbocycles. The smallest absolute Gasteiger partial charge is 0.337 e. The molecule has 0 bridgehead atoms. The lowest BCUT2D eigenvalue weighted by Gasteiger charge is -2.23. The van der Waals surface area contributed by atoms with Crippen LogP contribution in [0.5, 0.6) is 0 Å². The van der Waals surface area contributed by atoms with E-state index < -0.39 is 21.9 Å². The van der Waals surface area contributed by atoms with Gasteiger partial charge in [-0.1, -0.05) is 0 Å². The van der Waals surface area contributed by atoms with E-state index in [0.717, 1.165) is 6.20 Å². The van der Waals surface area contributed by atoms with Gasteiger partial charge in [0.1, 0.15) is 10.4 Å². The van der Waals surface area contributed by atoms with Crippen molar-refractivity contribution in [1.29, 1.82) is 5.41 Å². The molecule has 0 fully saturated rings. The molecule has 0 aromatic carbocycles. The first-order valence-electron chi connectivity index (χ1n) is 4.93. The number of aromatic carboxylic acids is 1. The lowest BCUT2D eigenvalue weighted by molar-refractivity contribution is 0.0696. The van der Waals surface area contributed by atoms with Crippen LogP contribution in [0, 0.1) is 5.41 Å². The maximum absolute atomic E-state index is 11.9. The van der Waals surface area contributed by atoms with Crippen LogP contribution in [-0.2, 0) is 11.2 Å². The molecule has 0 saturated carbocycles. The van der Waals surface area contributed by atoms with Gasteiger partial charge < -0.3 is 9.66 Å². The van der Waals surface area contributed by atoms with Crippen LogP contribution in [-0.4, -0.2) is 30.4 Å². The third-order valence-electron chi connectivity index (χ3n) is 1.98. The van der Waals surface area contributed by atoms with Gasteiger partial charge in [-0.25, -0.2) is 9.78 Å². The molecule has 6 heteroatoms. The Morgan fingerprint density at radius 1 is 1.47 bits per heavy atom. The van der Waals surface area contributed by atoms with E-state index >= 15 is 0 Å². The summed E-state index contributed by atoms with van der Waals surface area (Å²) in [4.78, 5) is 14.5. The molecule has 17 heavy (non-hydrogen) atoms. The van der Waals surface area contributed by atoms with Crippen LogP contribution in [0.3, 0.4) is 0 Å². The number of aromatic nitrogens is 1. The average Bonchev–Trinajstić information content (AvgIpc) is 2.26. The van der Waals surface area contributed by atoms with Gasteiger partial charge in [0.2, 0.25) is 0 Å². The highest BCUT2D eigenvalue weighted by Gasteiger charge is 2.32. The van der Waals surface area contributed by atoms with Crippen molar-refractivity contribution in [2.45, 2.75) is 25.5 Å². The van der Waals surface area contributed by atoms with Crippen LogP contribution in [0.2, 0.25) is 0 Å². The molecule has 0 aliphatic rings. The molecule has 5 nitrogen and oxygen atoms in total. The molecule has 1 aromatic heterocycles. The van der Waals surface area contributed by atoms with Crippen molar-refractivity contribution >= 4 is 22.2 Å². The Balaban J connectivity index is 2.95. The number of rotatable bonds is 2. The van der Waals surface area contributed by atoms with Crippen molar-refractivity contribution in [3.05, 3.63) is 29.6 Å². The standard InChI is InChI=1S/C11H14N2O3S/c1-11(2,3)17(16)9(12)8-5-4-7(6-13-8)10(14)15/h4-6,12H,1-3H3,(H,14,15). The normalized spacial score (nSPS) is 13.2. The number of pyridine rings is 1. The number of carbonyl (C=O) groups is 1. The Hall–Kier alpha value is -1.40. The second-order valence-corrected chi connectivity index (χ2v) is 6.62. The maximum atomic E-state index is 11.9. The van der Waals surface area contributed by atoms with Gasteiger partial charge in [-0.2, -0.15) is 0 Å². The Morgan fingerprint density at radius 3 is 2.41 bits per heavy atom. The fourth-order valence-corrected chi connectivity index (χ4v) is 1.98. The first-order valence-corrected chi connectivity index (χ1v) is 6.08. The maximum Gasteiger partial charge on any atom is 0.337 e. The summed E-state index contributed by atoms with van der Waals surface area (Å²) in [6, 6.07) is 2.74. The number of nitrogens with zero attached hydrogens (tertiary/aromatic N) is 1. The van der Waals surface area contributed by atoms with E-state index in [2.05, 4.69) is 4.98 Å². The van der Waals surface area contributed by atoms with Crippen molar-refractivity contribution in [2.75, 3.05) is 0 Å². The van der Waals surface area contributed by atoms with E-state index in [4.69, 9.17) is 10.5 Å². The van der Waals surface area contributed by atoms with E-state index in [1.165, 1.54) is 12.1 Å². The van der Waals surface area contributed by atoms with E-state index in [1.54, 1.807) is 20.8 Å². The van der Waals surface area contributed by atoms with Gasteiger partial charge >= 0.3 is 5.97 Å². The summed E-state index contributed by atoms with van der Waals surface area (Å²) in [5.74, 6) is -1.08. The minimum Gasteiger partial charge on any atom is -0.610 e. The van der Waals surface area contributed by atoms with Crippen molar-refractivity contribution in [2.24, 2.45) is 0 Å². The van der Waals surface area contributed by atoms with E-state index in [-0.39, 0.29) is 16.3 Å². The highest BCUT2D eigenvalue weighted by Crippen LogP contribution is 2.19. The summed E-state index contributed by atoms with van der Waals surface area (Å²) in [5, 5.41) is 16.4. The Morgan fingerprint density at radius 2 is 2.06 bits per heavy atom. The van der Waals surface area contributed by atoms with Gasteiger partial charge in [-0.15, -0.1) is 0 Å². The van der Waals surface area contributed by atoms with Crippen molar-refractivity contribution < 1.29 is 14.5 Å². The summed E-state index contributed by atoms with van der Waals surface area (Å²) in [6.07, 6.45) is 1.16. The van der Waals surface area contributed by atoms with Gasteiger partial charge in [-0.3, -0.25) is 5.41 Å². The fourth-order valence-electron chi connectivity index (χ4n) is 1.06. The lowest BCUT2D eigenvalue weighted by Crippen LogP contribution is -2.34. The summed E-state index contributed by atoms with van der Waals surface area (Å²) in [5.41, 5.74) is 0.284. The van der Waals surface area contributed by atoms with Crippen LogP contribution in [0.15, 0.2) is 18.3 Å². The van der Waals surface area contributed by atoms with Gasteiger partial charge in [0.25, 0.3) is 5.04 Å². The molecule has 1 heterocycles. The predicted molar refractivity (Wildman–Crippen MR) is 65.9 cm³/mol. The third kappa shape index (κ3) is 3.28. The Kier molecular flexibility index (Phi) is 3.90. The highest BCUT2D eigenvalue weighted by atomic mass is 32.2. The molecule has 1 aromatic rings. The number of carboxylic acids is 1. The zero-order chi connectivity index (χ0) is 13.2. The van der Waals surface area contributed by atoms with E-state index in [0.29, 0.717) is 0 Å². The highest BCUT2D eigenvalue weighted by molar-refractivity contribution is 8.07. The lowest BCUT2D eigenvalue weighted by atomic mass is 10.2. The molecule has 1 unspecified atom stereocenters. The second-order valence-electron chi connectivity index (χ2n) is 4.45. The van der Waals surface area contributed by atoms with Crippen LogP contribution >= 0.6 is 0 Å². The first kappa shape index (κ1) is 13.7. The van der Waals surface area contributed by atoms with Crippen molar-refractivity contribution in [3.63, 3.8) is 0 Å². The zero-order valence-electron chi connectivity index (χ0n) is 9.85. The van der Waals surface area contributed by atoms with Crippen LogP contribution in [0.1, 0.15) is 36.8 Å². The average molecular weight is 254 g/mol. The zero-order valence-corrected chi connectivity index (χ0v) is 10.7. The predicted octanol–water partition coefficient (Wildman–Crippen LogP) is 1.65. The number of nitrogens with one attached hydrogen (secondary N) is 1. The Labute approximate surface area is 103 Å². The van der Waals surface area contributed by atoms with Crippen LogP contribution in [0.4, 0.5) is 0 Å². The van der Waals surface area contributed by atoms with Gasteiger partial charge in [0.05, 0.1) is 5.56 Å². The minimum absolute atomic E-state index is 0.0445. The molecular weight excluding hydrogens is 240 g/mol. The minimum atomic E-state index is -1.48. The summed E-state index contributed by atoms with van der Waals surface area (Å²) < 4.78 is 11.4. The molecular formula is C11H14N2O3S. The summed E-state index contributed by atoms with van der Waals surface area (Å²) >= 11 is -1.48. The fraction of sp³-hybridized carbons (Fsp3) is 0.364. The molecule has 0 aliphatic heterocycles. The summed E-state index contributed by atoms with van der Waals surface area (Å²) in [7, 11) is 0. The van der Waals surface area contributed by atoms with Gasteiger partial charge in [0.15, 0.2) is 0 Å². The quantitative estimate of drug-likeness (QED) is 0.476. The monoisotopic (exact) mass is 254 g/mol. The van der Waals surface area contributed by atoms with Gasteiger partial charge in [-0.05, 0) is 32.9 Å². The second kappa shape index (κ2) is 4.85. The molecule has 0 saturated heterocycles. The first-order chi connectivity index (χ1) is 7.73. The van der Waals surface area contributed by atoms with Crippen molar-refractivity contribution in [3.8, 4) is 0 Å². The summed E-state index contributed by atoms with van der Waals surface area (Å²) in [6.45, 7) is 5.30. The molecule has 92 valence electrons. The Bertz CT molecular complexity index is 437. The number of carboxylic acid groups (broad SMARTS) is 1. The topological polar surface area (TPSA) is 97.1 Å². The SMILES string of the molecule is CC(C)(C)[S+]([O-])C(=N)c1ccc(C(=O)O)cn1. The van der Waals surface area contributed by atoms with Crippen LogP contribution < -0.4 is 0 Å².